The van der Waals surface area contributed by atoms with Gasteiger partial charge in [0, 0.05) is 63.5 Å². The van der Waals surface area contributed by atoms with E-state index < -0.39 is 29.8 Å². The maximum Gasteiger partial charge on any atom is 0.490 e. The molecule has 3 aliphatic rings. The number of carbonyl (C=O) groups excluding carboxylic acids is 1. The summed E-state index contributed by atoms with van der Waals surface area (Å²) in [6, 6.07) is 8.82. The molecule has 1 spiro atoms. The monoisotopic (exact) mass is 691 g/mol. The van der Waals surface area contributed by atoms with Crippen LogP contribution in [0.2, 0.25) is 10.0 Å². The van der Waals surface area contributed by atoms with Crippen molar-refractivity contribution in [1.82, 2.24) is 4.90 Å². The molecule has 1 amide bonds. The topological polar surface area (TPSA) is 149 Å². The average Bonchev–Trinajstić information content (AvgIpc) is 3.49. The van der Waals surface area contributed by atoms with Crippen LogP contribution in [0.4, 0.5) is 24.5 Å². The number of alkyl halides is 3. The van der Waals surface area contributed by atoms with E-state index in [1.54, 1.807) is 12.1 Å². The molecule has 1 unspecified atom stereocenters. The lowest BCUT2D eigenvalue weighted by Crippen LogP contribution is -2.53. The van der Waals surface area contributed by atoms with Crippen LogP contribution in [0.15, 0.2) is 30.3 Å². The van der Waals surface area contributed by atoms with Crippen LogP contribution in [-0.2, 0) is 20.8 Å². The number of rotatable bonds is 6. The summed E-state index contributed by atoms with van der Waals surface area (Å²) < 4.78 is 43.9. The summed E-state index contributed by atoms with van der Waals surface area (Å²) >= 11 is 12.6. The molecular formula is C30H34Cl2F3N3O8. The Morgan fingerprint density at radius 1 is 1.04 bits per heavy atom. The summed E-state index contributed by atoms with van der Waals surface area (Å²) in [7, 11) is 0. The number of hydrogen-bond donors (Lipinski definition) is 4. The number of aliphatic hydroxyl groups is 1. The third-order valence-corrected chi connectivity index (χ3v) is 8.65. The molecule has 11 nitrogen and oxygen atoms in total. The fraction of sp³-hybridized carbons (Fsp3) is 0.500. The lowest BCUT2D eigenvalue weighted by molar-refractivity contribution is -0.192. The summed E-state index contributed by atoms with van der Waals surface area (Å²) in [5, 5.41) is 31.4. The van der Waals surface area contributed by atoms with Gasteiger partial charge in [-0.25, -0.2) is 9.59 Å². The zero-order chi connectivity index (χ0) is 34.2. The van der Waals surface area contributed by atoms with E-state index in [9.17, 15) is 33.0 Å². The number of carboxylic acid groups (broad SMARTS) is 2. The molecule has 4 N–H and O–H groups in total. The maximum atomic E-state index is 11.9. The predicted octanol–water partition coefficient (Wildman–Crippen LogP) is 4.85. The quantitative estimate of drug-likeness (QED) is 0.331. The minimum atomic E-state index is -5.08. The Hall–Kier alpha value is -3.46. The molecule has 2 atom stereocenters. The standard InChI is InChI=1S/C28H33Cl2N3O6.C2HF3O2/c1-16(34)31-20-11-19(30)25(38-27(2,3)26(36)37)12-21(20)33-14-22(23(35)15-33)32-8-6-28(7-9-32)13-17-10-18(29)4-5-24(17)39-28;3-2(4,5)1(6)7/h4-5,10-12,22-23,35H,6-9,13-15H2,1-3H3,(H,31,34)(H,36,37);(H,6,7)/t22?,23-;/m1./s1. The van der Waals surface area contributed by atoms with Crippen LogP contribution in [-0.4, -0.2) is 93.8 Å². The van der Waals surface area contributed by atoms with Crippen LogP contribution in [0.5, 0.6) is 11.5 Å². The molecule has 2 saturated heterocycles. The van der Waals surface area contributed by atoms with Crippen molar-refractivity contribution in [3.63, 3.8) is 0 Å². The third kappa shape index (κ3) is 8.08. The molecule has 2 aromatic carbocycles. The van der Waals surface area contributed by atoms with Gasteiger partial charge in [-0.05, 0) is 43.7 Å². The van der Waals surface area contributed by atoms with Crippen molar-refractivity contribution in [2.24, 2.45) is 0 Å². The summed E-state index contributed by atoms with van der Waals surface area (Å²) in [5.74, 6) is -3.08. The number of aliphatic carboxylic acids is 2. The number of fused-ring (bicyclic) bond motifs is 1. The molecule has 0 aromatic heterocycles. The van der Waals surface area contributed by atoms with Crippen LogP contribution in [0.25, 0.3) is 0 Å². The SMILES string of the molecule is CC(=O)Nc1cc(Cl)c(OC(C)(C)C(=O)O)cc1N1CC(N2CCC3(CC2)Cc2cc(Cl)ccc2O3)[C@H](O)C1.O=C(O)C(F)(F)F. The molecule has 0 bridgehead atoms. The van der Waals surface area contributed by atoms with Gasteiger partial charge in [-0.3, -0.25) is 9.69 Å². The molecule has 0 saturated carbocycles. The number of benzene rings is 2. The van der Waals surface area contributed by atoms with E-state index in [-0.39, 0.29) is 28.3 Å². The van der Waals surface area contributed by atoms with Gasteiger partial charge in [-0.1, -0.05) is 23.2 Å². The zero-order valence-electron chi connectivity index (χ0n) is 25.2. The molecule has 0 aliphatic carbocycles. The largest absolute Gasteiger partial charge is 0.490 e. The van der Waals surface area contributed by atoms with Gasteiger partial charge in [0.2, 0.25) is 5.91 Å². The Bertz CT molecular complexity index is 1500. The third-order valence-electron chi connectivity index (χ3n) is 8.12. The van der Waals surface area contributed by atoms with Crippen molar-refractivity contribution in [2.75, 3.05) is 36.4 Å². The Balaban J connectivity index is 0.000000617. The molecule has 16 heteroatoms. The van der Waals surface area contributed by atoms with E-state index in [4.69, 9.17) is 42.6 Å². The Labute approximate surface area is 272 Å². The number of amides is 1. The summed E-state index contributed by atoms with van der Waals surface area (Å²) in [4.78, 5) is 36.7. The van der Waals surface area contributed by atoms with Gasteiger partial charge in [0.25, 0.3) is 0 Å². The number of β-amino-alcohol motifs (C(OH)–C–C–N with tert-alkyl or cyclic N) is 1. The normalized spacial score (nSPS) is 20.8. The second-order valence-corrected chi connectivity index (χ2v) is 12.8. The minimum absolute atomic E-state index is 0.124. The number of aliphatic hydroxyl groups excluding tert-OH is 1. The molecule has 3 aliphatic heterocycles. The molecule has 3 heterocycles. The number of carboxylic acids is 2. The number of carbonyl (C=O) groups is 3. The molecule has 2 aromatic rings. The van der Waals surface area contributed by atoms with Crippen LogP contribution < -0.4 is 19.7 Å². The smallest absolute Gasteiger partial charge is 0.487 e. The number of hydrogen-bond acceptors (Lipinski definition) is 8. The van der Waals surface area contributed by atoms with Gasteiger partial charge in [-0.2, -0.15) is 13.2 Å². The fourth-order valence-corrected chi connectivity index (χ4v) is 6.16. The molecule has 46 heavy (non-hydrogen) atoms. The molecule has 2 fully saturated rings. The summed E-state index contributed by atoms with van der Waals surface area (Å²) in [6.45, 7) is 6.68. The number of piperidine rings is 1. The van der Waals surface area contributed by atoms with E-state index in [0.717, 1.165) is 43.7 Å². The highest BCUT2D eigenvalue weighted by atomic mass is 35.5. The highest BCUT2D eigenvalue weighted by Gasteiger charge is 2.46. The van der Waals surface area contributed by atoms with Crippen molar-refractivity contribution < 1.29 is 52.3 Å². The van der Waals surface area contributed by atoms with Crippen LogP contribution >= 0.6 is 23.2 Å². The van der Waals surface area contributed by atoms with E-state index in [2.05, 4.69) is 10.2 Å². The van der Waals surface area contributed by atoms with Crippen molar-refractivity contribution in [2.45, 2.75) is 69.6 Å². The van der Waals surface area contributed by atoms with Crippen molar-refractivity contribution in [3.05, 3.63) is 45.9 Å². The average molecular weight is 693 g/mol. The molecule has 5 rings (SSSR count). The second kappa shape index (κ2) is 13.3. The molecular weight excluding hydrogens is 658 g/mol. The first kappa shape index (κ1) is 35.4. The molecule has 0 radical (unpaired) electrons. The van der Waals surface area contributed by atoms with Crippen molar-refractivity contribution in [3.8, 4) is 11.5 Å². The second-order valence-electron chi connectivity index (χ2n) is 12.0. The van der Waals surface area contributed by atoms with Gasteiger partial charge < -0.3 is 35.0 Å². The zero-order valence-corrected chi connectivity index (χ0v) is 26.7. The van der Waals surface area contributed by atoms with Crippen LogP contribution in [0.1, 0.15) is 39.2 Å². The van der Waals surface area contributed by atoms with Crippen molar-refractivity contribution in [1.29, 1.82) is 0 Å². The summed E-state index contributed by atoms with van der Waals surface area (Å²) in [5.41, 5.74) is 0.451. The minimum Gasteiger partial charge on any atom is -0.487 e. The lowest BCUT2D eigenvalue weighted by atomic mass is 9.86. The number of nitrogens with zero attached hydrogens (tertiary/aromatic N) is 2. The molecule has 252 valence electrons. The number of likely N-dealkylation sites (tertiary alicyclic amines) is 1. The van der Waals surface area contributed by atoms with Gasteiger partial charge >= 0.3 is 18.1 Å². The fourth-order valence-electron chi connectivity index (χ4n) is 5.76. The lowest BCUT2D eigenvalue weighted by Gasteiger charge is -2.41. The first-order chi connectivity index (χ1) is 21.3. The van der Waals surface area contributed by atoms with E-state index in [1.807, 2.05) is 23.1 Å². The van der Waals surface area contributed by atoms with Crippen LogP contribution in [0, 0.1) is 0 Å². The summed E-state index contributed by atoms with van der Waals surface area (Å²) in [6.07, 6.45) is -3.21. The maximum absolute atomic E-state index is 11.9. The van der Waals surface area contributed by atoms with Crippen LogP contribution in [0.3, 0.4) is 0 Å². The highest BCUT2D eigenvalue weighted by molar-refractivity contribution is 6.32. The first-order valence-electron chi connectivity index (χ1n) is 14.3. The van der Waals surface area contributed by atoms with E-state index in [1.165, 1.54) is 20.8 Å². The van der Waals surface area contributed by atoms with Gasteiger partial charge in [0.1, 0.15) is 17.1 Å². The number of nitrogens with one attached hydrogen (secondary N) is 1. The highest BCUT2D eigenvalue weighted by Crippen LogP contribution is 2.44. The number of ether oxygens (including phenoxy) is 2. The van der Waals surface area contributed by atoms with E-state index >= 15 is 0 Å². The number of anilines is 2. The van der Waals surface area contributed by atoms with Gasteiger partial charge in [-0.15, -0.1) is 0 Å². The Morgan fingerprint density at radius 2 is 1.67 bits per heavy atom. The predicted molar refractivity (Wildman–Crippen MR) is 163 cm³/mol. The Kier molecular flexibility index (Phi) is 10.3. The van der Waals surface area contributed by atoms with E-state index in [0.29, 0.717) is 29.5 Å². The number of halogens is 5. The first-order valence-corrected chi connectivity index (χ1v) is 15.0. The Morgan fingerprint density at radius 3 is 2.24 bits per heavy atom. The van der Waals surface area contributed by atoms with Gasteiger partial charge in [0.05, 0.1) is 28.5 Å². The van der Waals surface area contributed by atoms with Gasteiger partial charge in [0.15, 0.2) is 5.60 Å². The van der Waals surface area contributed by atoms with Crippen molar-refractivity contribution >= 4 is 52.4 Å².